The lowest BCUT2D eigenvalue weighted by Gasteiger charge is -2.08. The van der Waals surface area contributed by atoms with Gasteiger partial charge >= 0.3 is 0 Å². The Labute approximate surface area is 123 Å². The molecule has 0 spiro atoms. The second-order valence-corrected chi connectivity index (χ2v) is 5.52. The van der Waals surface area contributed by atoms with Crippen LogP contribution in [0.2, 0.25) is 0 Å². The fourth-order valence-electron chi connectivity index (χ4n) is 1.52. The zero-order valence-corrected chi connectivity index (χ0v) is 12.6. The third-order valence-electron chi connectivity index (χ3n) is 2.42. The van der Waals surface area contributed by atoms with Gasteiger partial charge in [-0.15, -0.1) is 17.9 Å². The van der Waals surface area contributed by atoms with E-state index in [4.69, 9.17) is 0 Å². The fraction of sp³-hybridized carbons (Fsp3) is 0.250. The van der Waals surface area contributed by atoms with Crippen LogP contribution in [0.25, 0.3) is 0 Å². The normalized spacial score (nSPS) is 10.4. The van der Waals surface area contributed by atoms with Crippen LogP contribution in [-0.2, 0) is 13.0 Å². The first-order valence-electron chi connectivity index (χ1n) is 5.71. The molecule has 0 atom stereocenters. The first-order valence-corrected chi connectivity index (χ1v) is 7.38. The molecule has 2 aromatic rings. The van der Waals surface area contributed by atoms with Crippen LogP contribution < -0.4 is 10.9 Å². The minimum absolute atomic E-state index is 0.167. The molecule has 0 aliphatic rings. The van der Waals surface area contributed by atoms with E-state index < -0.39 is 0 Å². The van der Waals surface area contributed by atoms with Crippen LogP contribution in [0.1, 0.15) is 5.01 Å². The highest BCUT2D eigenvalue weighted by atomic mass is 79.9. The lowest BCUT2D eigenvalue weighted by molar-refractivity contribution is 0.649. The van der Waals surface area contributed by atoms with Crippen molar-refractivity contribution in [2.75, 3.05) is 11.9 Å². The zero-order chi connectivity index (χ0) is 13.7. The smallest absolute Gasteiger partial charge is 0.283 e. The molecule has 2 aromatic heterocycles. The van der Waals surface area contributed by atoms with E-state index in [1.54, 1.807) is 29.8 Å². The lowest BCUT2D eigenvalue weighted by Crippen LogP contribution is -2.24. The molecule has 2 rings (SSSR count). The number of allylic oxidation sites excluding steroid dienone is 1. The van der Waals surface area contributed by atoms with Gasteiger partial charge in [-0.3, -0.25) is 4.79 Å². The van der Waals surface area contributed by atoms with Crippen LogP contribution in [0, 0.1) is 0 Å². The third kappa shape index (κ3) is 3.51. The maximum absolute atomic E-state index is 11.9. The average molecular weight is 341 g/mol. The van der Waals surface area contributed by atoms with E-state index in [0.717, 1.165) is 11.4 Å². The molecule has 0 aliphatic heterocycles. The van der Waals surface area contributed by atoms with Crippen molar-refractivity contribution in [3.05, 3.63) is 50.3 Å². The zero-order valence-electron chi connectivity index (χ0n) is 10.2. The summed E-state index contributed by atoms with van der Waals surface area (Å²) in [4.78, 5) is 16.1. The first kappa shape index (κ1) is 14.0. The highest BCUT2D eigenvalue weighted by molar-refractivity contribution is 9.10. The number of hydrogen-bond acceptors (Lipinski definition) is 5. The minimum Gasteiger partial charge on any atom is -0.382 e. The van der Waals surface area contributed by atoms with Gasteiger partial charge in [0.05, 0.1) is 23.4 Å². The van der Waals surface area contributed by atoms with Crippen LogP contribution >= 0.6 is 27.3 Å². The van der Waals surface area contributed by atoms with E-state index in [9.17, 15) is 4.79 Å². The predicted molar refractivity (Wildman–Crippen MR) is 80.7 cm³/mol. The standard InChI is InChI=1S/C12H13BrN4OS/c1-2-6-17-12(18)11(13)9(8-16-17)14-4-3-10-15-5-7-19-10/h2,5,7-8,14H,1,3-4,6H2. The van der Waals surface area contributed by atoms with Gasteiger partial charge in [-0.2, -0.15) is 5.10 Å². The molecule has 5 nitrogen and oxygen atoms in total. The average Bonchev–Trinajstić information content (AvgIpc) is 2.91. The minimum atomic E-state index is -0.167. The summed E-state index contributed by atoms with van der Waals surface area (Å²) in [5, 5.41) is 10.3. The van der Waals surface area contributed by atoms with E-state index in [0.29, 0.717) is 23.2 Å². The van der Waals surface area contributed by atoms with Gasteiger partial charge in [0.2, 0.25) is 0 Å². The molecule has 7 heteroatoms. The van der Waals surface area contributed by atoms with Gasteiger partial charge in [-0.05, 0) is 15.9 Å². The first-order chi connectivity index (χ1) is 9.22. The van der Waals surface area contributed by atoms with Crippen LogP contribution in [-0.4, -0.2) is 21.3 Å². The van der Waals surface area contributed by atoms with Gasteiger partial charge < -0.3 is 5.32 Å². The maximum Gasteiger partial charge on any atom is 0.283 e. The Hall–Kier alpha value is -1.47. The van der Waals surface area contributed by atoms with Crippen molar-refractivity contribution in [2.45, 2.75) is 13.0 Å². The molecule has 0 saturated heterocycles. The lowest BCUT2D eigenvalue weighted by atomic mass is 10.4. The van der Waals surface area contributed by atoms with Gasteiger partial charge in [0.1, 0.15) is 4.47 Å². The van der Waals surface area contributed by atoms with E-state index in [-0.39, 0.29) is 5.56 Å². The van der Waals surface area contributed by atoms with Gasteiger partial charge in [0.25, 0.3) is 5.56 Å². The van der Waals surface area contributed by atoms with Crippen molar-refractivity contribution >= 4 is 33.0 Å². The van der Waals surface area contributed by atoms with Gasteiger partial charge in [0.15, 0.2) is 0 Å². The molecule has 0 unspecified atom stereocenters. The SMILES string of the molecule is C=CCn1ncc(NCCc2nccs2)c(Br)c1=O. The monoisotopic (exact) mass is 340 g/mol. The summed E-state index contributed by atoms with van der Waals surface area (Å²) in [5.41, 5.74) is 0.529. The summed E-state index contributed by atoms with van der Waals surface area (Å²) in [6, 6.07) is 0. The Morgan fingerprint density at radius 2 is 2.42 bits per heavy atom. The number of aromatic nitrogens is 3. The fourth-order valence-corrected chi connectivity index (χ4v) is 2.59. The summed E-state index contributed by atoms with van der Waals surface area (Å²) in [7, 11) is 0. The van der Waals surface area contributed by atoms with Crippen LogP contribution in [0.3, 0.4) is 0 Å². The molecular weight excluding hydrogens is 328 g/mol. The summed E-state index contributed by atoms with van der Waals surface area (Å²) in [5.74, 6) is 0. The Morgan fingerprint density at radius 1 is 1.58 bits per heavy atom. The number of nitrogens with zero attached hydrogens (tertiary/aromatic N) is 3. The molecule has 100 valence electrons. The predicted octanol–water partition coefficient (Wildman–Crippen LogP) is 2.30. The number of rotatable bonds is 6. The molecule has 0 saturated carbocycles. The molecule has 2 heterocycles. The largest absolute Gasteiger partial charge is 0.382 e. The second kappa shape index (κ2) is 6.63. The molecule has 0 aliphatic carbocycles. The molecule has 0 fully saturated rings. The highest BCUT2D eigenvalue weighted by Crippen LogP contribution is 2.16. The van der Waals surface area contributed by atoms with E-state index in [2.05, 4.69) is 37.9 Å². The quantitative estimate of drug-likeness (QED) is 0.819. The number of hydrogen-bond donors (Lipinski definition) is 1. The second-order valence-electron chi connectivity index (χ2n) is 3.75. The number of nitrogens with one attached hydrogen (secondary N) is 1. The third-order valence-corrected chi connectivity index (χ3v) is 4.03. The van der Waals surface area contributed by atoms with Crippen LogP contribution in [0.5, 0.6) is 0 Å². The van der Waals surface area contributed by atoms with E-state index in [1.165, 1.54) is 4.68 Å². The highest BCUT2D eigenvalue weighted by Gasteiger charge is 2.07. The molecule has 0 bridgehead atoms. The van der Waals surface area contributed by atoms with Gasteiger partial charge in [0, 0.05) is 24.5 Å². The summed E-state index contributed by atoms with van der Waals surface area (Å²) >= 11 is 4.92. The van der Waals surface area contributed by atoms with Gasteiger partial charge in [-0.1, -0.05) is 6.08 Å². The Kier molecular flexibility index (Phi) is 4.86. The van der Waals surface area contributed by atoms with E-state index in [1.807, 2.05) is 5.38 Å². The molecule has 0 amide bonds. The summed E-state index contributed by atoms with van der Waals surface area (Å²) < 4.78 is 1.84. The summed E-state index contributed by atoms with van der Waals surface area (Å²) in [6.45, 7) is 4.70. The number of thiazole rings is 1. The molecular formula is C12H13BrN4OS. The molecule has 0 radical (unpaired) electrons. The van der Waals surface area contributed by atoms with Crippen molar-refractivity contribution in [1.82, 2.24) is 14.8 Å². The van der Waals surface area contributed by atoms with Crippen molar-refractivity contribution in [2.24, 2.45) is 0 Å². The van der Waals surface area contributed by atoms with Crippen molar-refractivity contribution < 1.29 is 0 Å². The van der Waals surface area contributed by atoms with Gasteiger partial charge in [-0.25, -0.2) is 9.67 Å². The Bertz CT molecular complexity index is 609. The van der Waals surface area contributed by atoms with Crippen LogP contribution in [0.15, 0.2) is 39.7 Å². The van der Waals surface area contributed by atoms with Crippen LogP contribution in [0.4, 0.5) is 5.69 Å². The van der Waals surface area contributed by atoms with Crippen molar-refractivity contribution in [3.63, 3.8) is 0 Å². The number of halogens is 1. The molecule has 1 N–H and O–H groups in total. The summed E-state index contributed by atoms with van der Waals surface area (Å²) in [6.07, 6.45) is 5.88. The Morgan fingerprint density at radius 3 is 3.11 bits per heavy atom. The Balaban J connectivity index is 2.02. The topological polar surface area (TPSA) is 59.8 Å². The molecule has 19 heavy (non-hydrogen) atoms. The van der Waals surface area contributed by atoms with Crippen molar-refractivity contribution in [3.8, 4) is 0 Å². The molecule has 0 aromatic carbocycles. The number of anilines is 1. The maximum atomic E-state index is 11.9. The van der Waals surface area contributed by atoms with Crippen molar-refractivity contribution in [1.29, 1.82) is 0 Å². The van der Waals surface area contributed by atoms with E-state index >= 15 is 0 Å².